The lowest BCUT2D eigenvalue weighted by molar-refractivity contribution is 0.0795. The SMILES string of the molecule is CCn1nc(C)c(C(=O)NCC(O)CN2CCC(C)CC2)c1Cl. The fourth-order valence-electron chi connectivity index (χ4n) is 2.93. The van der Waals surface area contributed by atoms with Crippen LogP contribution < -0.4 is 5.32 Å². The van der Waals surface area contributed by atoms with Crippen molar-refractivity contribution in [2.45, 2.75) is 46.3 Å². The lowest BCUT2D eigenvalue weighted by Gasteiger charge is -2.31. The van der Waals surface area contributed by atoms with E-state index in [2.05, 4.69) is 22.2 Å². The van der Waals surface area contributed by atoms with E-state index in [0.29, 0.717) is 29.5 Å². The van der Waals surface area contributed by atoms with Crippen molar-refractivity contribution < 1.29 is 9.90 Å². The van der Waals surface area contributed by atoms with E-state index in [1.54, 1.807) is 11.6 Å². The maximum absolute atomic E-state index is 12.3. The Labute approximate surface area is 142 Å². The van der Waals surface area contributed by atoms with Gasteiger partial charge in [-0.3, -0.25) is 9.48 Å². The number of nitrogens with zero attached hydrogens (tertiary/aromatic N) is 3. The highest BCUT2D eigenvalue weighted by Crippen LogP contribution is 2.19. The Hall–Kier alpha value is -1.11. The van der Waals surface area contributed by atoms with Crippen LogP contribution in [0.25, 0.3) is 0 Å². The zero-order valence-corrected chi connectivity index (χ0v) is 14.9. The number of aryl methyl sites for hydroxylation is 2. The molecule has 1 aliphatic heterocycles. The summed E-state index contributed by atoms with van der Waals surface area (Å²) < 4.78 is 1.59. The van der Waals surface area contributed by atoms with Crippen LogP contribution in [0.4, 0.5) is 0 Å². The molecule has 0 spiro atoms. The van der Waals surface area contributed by atoms with Gasteiger partial charge in [0, 0.05) is 19.6 Å². The highest BCUT2D eigenvalue weighted by atomic mass is 35.5. The maximum atomic E-state index is 12.3. The smallest absolute Gasteiger partial charge is 0.256 e. The predicted molar refractivity (Wildman–Crippen MR) is 90.8 cm³/mol. The highest BCUT2D eigenvalue weighted by molar-refractivity contribution is 6.33. The minimum absolute atomic E-state index is 0.220. The molecule has 0 radical (unpaired) electrons. The Morgan fingerprint density at radius 2 is 2.13 bits per heavy atom. The topological polar surface area (TPSA) is 70.4 Å². The molecular formula is C16H27ClN4O2. The Morgan fingerprint density at radius 1 is 1.48 bits per heavy atom. The van der Waals surface area contributed by atoms with Crippen LogP contribution in [-0.2, 0) is 6.54 Å². The zero-order chi connectivity index (χ0) is 17.0. The van der Waals surface area contributed by atoms with Crippen LogP contribution in [0.1, 0.15) is 42.7 Å². The van der Waals surface area contributed by atoms with Gasteiger partial charge in [-0.15, -0.1) is 0 Å². The molecule has 1 amide bonds. The number of aliphatic hydroxyl groups is 1. The minimum Gasteiger partial charge on any atom is -0.390 e. The van der Waals surface area contributed by atoms with E-state index in [1.807, 2.05) is 6.92 Å². The number of carbonyl (C=O) groups is 1. The predicted octanol–water partition coefficient (Wildman–Crippen LogP) is 1.69. The average molecular weight is 343 g/mol. The molecule has 6 nitrogen and oxygen atoms in total. The van der Waals surface area contributed by atoms with E-state index in [1.165, 1.54) is 12.8 Å². The molecule has 2 N–H and O–H groups in total. The van der Waals surface area contributed by atoms with E-state index in [4.69, 9.17) is 11.6 Å². The standard InChI is InChI=1S/C16H27ClN4O2/c1-4-21-15(17)14(12(3)19-21)16(23)18-9-13(22)10-20-7-5-11(2)6-8-20/h11,13,22H,4-10H2,1-3H3,(H,18,23). The number of aromatic nitrogens is 2. The third-order valence-corrected chi connectivity index (χ3v) is 4.82. The molecule has 130 valence electrons. The first-order valence-electron chi connectivity index (χ1n) is 8.33. The maximum Gasteiger partial charge on any atom is 0.256 e. The van der Waals surface area contributed by atoms with E-state index in [-0.39, 0.29) is 12.5 Å². The van der Waals surface area contributed by atoms with Crippen LogP contribution in [0.2, 0.25) is 5.15 Å². The van der Waals surface area contributed by atoms with Crippen LogP contribution in [0.3, 0.4) is 0 Å². The molecule has 1 unspecified atom stereocenters. The van der Waals surface area contributed by atoms with Gasteiger partial charge in [0.05, 0.1) is 17.4 Å². The number of halogens is 1. The quantitative estimate of drug-likeness (QED) is 0.825. The first kappa shape index (κ1) is 18.2. The van der Waals surface area contributed by atoms with Crippen LogP contribution >= 0.6 is 11.6 Å². The second-order valence-corrected chi connectivity index (χ2v) is 6.77. The van der Waals surface area contributed by atoms with Gasteiger partial charge in [-0.1, -0.05) is 18.5 Å². The molecule has 1 atom stereocenters. The molecule has 1 aromatic rings. The molecule has 0 bridgehead atoms. The Morgan fingerprint density at radius 3 is 2.70 bits per heavy atom. The van der Waals surface area contributed by atoms with Gasteiger partial charge < -0.3 is 15.3 Å². The van der Waals surface area contributed by atoms with Crippen molar-refractivity contribution in [3.05, 3.63) is 16.4 Å². The van der Waals surface area contributed by atoms with Crippen LogP contribution in [0.15, 0.2) is 0 Å². The van der Waals surface area contributed by atoms with E-state index in [0.717, 1.165) is 19.0 Å². The Bertz CT molecular complexity index is 538. The van der Waals surface area contributed by atoms with Crippen molar-refractivity contribution in [2.24, 2.45) is 5.92 Å². The largest absolute Gasteiger partial charge is 0.390 e. The minimum atomic E-state index is -0.576. The number of rotatable bonds is 6. The normalized spacial score (nSPS) is 18.1. The number of aliphatic hydroxyl groups excluding tert-OH is 1. The van der Waals surface area contributed by atoms with Gasteiger partial charge in [-0.05, 0) is 45.7 Å². The number of likely N-dealkylation sites (tertiary alicyclic amines) is 1. The van der Waals surface area contributed by atoms with E-state index >= 15 is 0 Å². The summed E-state index contributed by atoms with van der Waals surface area (Å²) in [4.78, 5) is 14.5. The molecule has 0 saturated carbocycles. The van der Waals surface area contributed by atoms with Gasteiger partial charge in [-0.25, -0.2) is 0 Å². The van der Waals surface area contributed by atoms with Crippen molar-refractivity contribution in [1.29, 1.82) is 0 Å². The molecular weight excluding hydrogens is 316 g/mol. The Kier molecular flexibility index (Phi) is 6.44. The van der Waals surface area contributed by atoms with Crippen molar-refractivity contribution in [3.63, 3.8) is 0 Å². The molecule has 23 heavy (non-hydrogen) atoms. The summed E-state index contributed by atoms with van der Waals surface area (Å²) in [5, 5.41) is 17.5. The summed E-state index contributed by atoms with van der Waals surface area (Å²) in [5.41, 5.74) is 1.00. The summed E-state index contributed by atoms with van der Waals surface area (Å²) >= 11 is 6.18. The molecule has 7 heteroatoms. The van der Waals surface area contributed by atoms with Gasteiger partial charge in [0.1, 0.15) is 5.15 Å². The van der Waals surface area contributed by atoms with Gasteiger partial charge in [0.15, 0.2) is 0 Å². The van der Waals surface area contributed by atoms with Crippen LogP contribution in [0.5, 0.6) is 0 Å². The highest BCUT2D eigenvalue weighted by Gasteiger charge is 2.22. The summed E-state index contributed by atoms with van der Waals surface area (Å²) in [6.45, 7) is 9.40. The van der Waals surface area contributed by atoms with Crippen LogP contribution in [0, 0.1) is 12.8 Å². The first-order valence-corrected chi connectivity index (χ1v) is 8.71. The fraction of sp³-hybridized carbons (Fsp3) is 0.750. The molecule has 1 fully saturated rings. The summed E-state index contributed by atoms with van der Waals surface area (Å²) in [7, 11) is 0. The summed E-state index contributed by atoms with van der Waals surface area (Å²) in [5.74, 6) is 0.488. The molecule has 0 aromatic carbocycles. The van der Waals surface area contributed by atoms with Crippen molar-refractivity contribution in [2.75, 3.05) is 26.2 Å². The van der Waals surface area contributed by atoms with E-state index in [9.17, 15) is 9.90 Å². The number of β-amino-alcohol motifs (C(OH)–C–C–N with tert-alkyl or cyclic N) is 1. The lowest BCUT2D eigenvalue weighted by atomic mass is 9.99. The molecule has 2 rings (SSSR count). The Balaban J connectivity index is 1.83. The monoisotopic (exact) mass is 342 g/mol. The van der Waals surface area contributed by atoms with Gasteiger partial charge in [0.25, 0.3) is 5.91 Å². The van der Waals surface area contributed by atoms with E-state index < -0.39 is 6.10 Å². The molecule has 1 saturated heterocycles. The van der Waals surface area contributed by atoms with Gasteiger partial charge in [0.2, 0.25) is 0 Å². The summed E-state index contributed by atoms with van der Waals surface area (Å²) in [6.07, 6.45) is 1.77. The number of hydrogen-bond donors (Lipinski definition) is 2. The number of piperidine rings is 1. The third-order valence-electron chi connectivity index (χ3n) is 4.44. The zero-order valence-electron chi connectivity index (χ0n) is 14.2. The van der Waals surface area contributed by atoms with Crippen molar-refractivity contribution in [1.82, 2.24) is 20.0 Å². The number of carbonyl (C=O) groups excluding carboxylic acids is 1. The number of hydrogen-bond acceptors (Lipinski definition) is 4. The second-order valence-electron chi connectivity index (χ2n) is 6.41. The van der Waals surface area contributed by atoms with Crippen molar-refractivity contribution in [3.8, 4) is 0 Å². The average Bonchev–Trinajstić information content (AvgIpc) is 2.81. The summed E-state index contributed by atoms with van der Waals surface area (Å²) in [6, 6.07) is 0. The fourth-order valence-corrected chi connectivity index (χ4v) is 3.31. The van der Waals surface area contributed by atoms with Gasteiger partial charge >= 0.3 is 0 Å². The third kappa shape index (κ3) is 4.68. The molecule has 0 aliphatic carbocycles. The lowest BCUT2D eigenvalue weighted by Crippen LogP contribution is -2.43. The van der Waals surface area contributed by atoms with Crippen LogP contribution in [-0.4, -0.2) is 58.0 Å². The molecule has 2 heterocycles. The molecule has 1 aromatic heterocycles. The number of amides is 1. The van der Waals surface area contributed by atoms with Gasteiger partial charge in [-0.2, -0.15) is 5.10 Å². The second kappa shape index (κ2) is 8.13. The molecule has 1 aliphatic rings. The van der Waals surface area contributed by atoms with Crippen molar-refractivity contribution >= 4 is 17.5 Å². The number of nitrogens with one attached hydrogen (secondary N) is 1. The first-order chi connectivity index (χ1) is 10.9.